The molecular formula is C16H19NO4. The summed E-state index contributed by atoms with van der Waals surface area (Å²) in [7, 11) is 0. The van der Waals surface area contributed by atoms with Crippen LogP contribution in [0.25, 0.3) is 0 Å². The Balaban J connectivity index is 1.95. The molecule has 0 aromatic heterocycles. The van der Waals surface area contributed by atoms with Crippen molar-refractivity contribution in [3.63, 3.8) is 0 Å². The average molecular weight is 289 g/mol. The predicted octanol–water partition coefficient (Wildman–Crippen LogP) is 1.99. The summed E-state index contributed by atoms with van der Waals surface area (Å²) in [5.41, 5.74) is 0.215. The number of hydrogen-bond acceptors (Lipinski definition) is 4. The number of nitrogens with zero attached hydrogens (tertiary/aromatic N) is 1. The van der Waals surface area contributed by atoms with E-state index in [4.69, 9.17) is 9.47 Å². The van der Waals surface area contributed by atoms with Gasteiger partial charge in [-0.05, 0) is 12.5 Å². The van der Waals surface area contributed by atoms with Crippen LogP contribution < -0.4 is 4.90 Å². The van der Waals surface area contributed by atoms with Crippen LogP contribution in [0.5, 0.6) is 0 Å². The topological polar surface area (TPSA) is 55.8 Å². The Labute approximate surface area is 123 Å². The van der Waals surface area contributed by atoms with E-state index in [0.717, 1.165) is 18.4 Å². The van der Waals surface area contributed by atoms with Gasteiger partial charge in [0.05, 0.1) is 12.3 Å². The smallest absolute Gasteiger partial charge is 0.273 e. The Morgan fingerprint density at radius 1 is 1.48 bits per heavy atom. The minimum Gasteiger partial charge on any atom is -0.372 e. The highest BCUT2D eigenvalue weighted by Crippen LogP contribution is 2.50. The fourth-order valence-electron chi connectivity index (χ4n) is 2.99. The summed E-state index contributed by atoms with van der Waals surface area (Å²) in [4.78, 5) is 25.8. The van der Waals surface area contributed by atoms with Gasteiger partial charge in [-0.1, -0.05) is 31.5 Å². The van der Waals surface area contributed by atoms with Crippen LogP contribution in [0.1, 0.15) is 32.3 Å². The largest absolute Gasteiger partial charge is 0.372 e. The number of carbonyl (C=O) groups is 2. The monoisotopic (exact) mass is 289 g/mol. The summed E-state index contributed by atoms with van der Waals surface area (Å²) in [6.45, 7) is 4.46. The molecule has 2 amide bonds. The second-order valence-corrected chi connectivity index (χ2v) is 5.44. The summed E-state index contributed by atoms with van der Waals surface area (Å²) in [5, 5.41) is 0. The number of para-hydroxylation sites is 1. The normalized spacial score (nSPS) is 26.9. The van der Waals surface area contributed by atoms with Crippen molar-refractivity contribution < 1.29 is 19.1 Å². The first-order valence-corrected chi connectivity index (χ1v) is 7.33. The lowest BCUT2D eigenvalue weighted by molar-refractivity contribution is -0.249. The fraction of sp³-hybridized carbons (Fsp3) is 0.500. The number of ether oxygens (including phenoxy) is 2. The van der Waals surface area contributed by atoms with Gasteiger partial charge in [0.15, 0.2) is 0 Å². The highest BCUT2D eigenvalue weighted by molar-refractivity contribution is 6.22. The molecule has 0 aliphatic carbocycles. The first-order valence-electron chi connectivity index (χ1n) is 7.33. The molecule has 2 heterocycles. The van der Waals surface area contributed by atoms with Gasteiger partial charge in [0, 0.05) is 19.1 Å². The molecule has 5 nitrogen and oxygen atoms in total. The fourth-order valence-corrected chi connectivity index (χ4v) is 2.99. The maximum atomic E-state index is 12.8. The summed E-state index contributed by atoms with van der Waals surface area (Å²) < 4.78 is 11.5. The van der Waals surface area contributed by atoms with Crippen molar-refractivity contribution in [2.75, 3.05) is 18.1 Å². The minimum absolute atomic E-state index is 0.299. The highest BCUT2D eigenvalue weighted by atomic mass is 16.6. The van der Waals surface area contributed by atoms with Gasteiger partial charge >= 0.3 is 0 Å². The van der Waals surface area contributed by atoms with Crippen molar-refractivity contribution in [3.8, 4) is 0 Å². The van der Waals surface area contributed by atoms with E-state index in [-0.39, 0.29) is 17.9 Å². The number of anilines is 1. The van der Waals surface area contributed by atoms with Gasteiger partial charge in [-0.15, -0.1) is 0 Å². The molecule has 1 aromatic carbocycles. The Morgan fingerprint density at radius 3 is 2.86 bits per heavy atom. The van der Waals surface area contributed by atoms with Crippen LogP contribution in [0.15, 0.2) is 24.3 Å². The van der Waals surface area contributed by atoms with Crippen LogP contribution >= 0.6 is 0 Å². The number of hydrogen-bond donors (Lipinski definition) is 0. The molecule has 5 heteroatoms. The lowest BCUT2D eigenvalue weighted by Crippen LogP contribution is -2.62. The zero-order valence-corrected chi connectivity index (χ0v) is 12.3. The standard InChI is InChI=1S/C16H19NO4/c1-3-4-9-20-14-10-21-16(14)12-7-5-6-8-13(12)17(11(2)18)15(16)19/h5-8,14H,3-4,9-10H2,1-2H3/t14-,16+/m1/s1. The van der Waals surface area contributed by atoms with Gasteiger partial charge in [-0.25, -0.2) is 4.90 Å². The second-order valence-electron chi connectivity index (χ2n) is 5.44. The number of imide groups is 1. The van der Waals surface area contributed by atoms with Crippen LogP contribution in [0.3, 0.4) is 0 Å². The first-order chi connectivity index (χ1) is 10.1. The van der Waals surface area contributed by atoms with E-state index < -0.39 is 5.60 Å². The van der Waals surface area contributed by atoms with Crippen LogP contribution in [-0.2, 0) is 24.7 Å². The third-order valence-electron chi connectivity index (χ3n) is 4.11. The lowest BCUT2D eigenvalue weighted by atomic mass is 9.85. The Hall–Kier alpha value is -1.72. The van der Waals surface area contributed by atoms with Crippen molar-refractivity contribution in [3.05, 3.63) is 29.8 Å². The average Bonchev–Trinajstić information content (AvgIpc) is 2.72. The number of rotatable bonds is 4. The van der Waals surface area contributed by atoms with E-state index in [1.807, 2.05) is 18.2 Å². The van der Waals surface area contributed by atoms with E-state index in [1.165, 1.54) is 11.8 Å². The molecular weight excluding hydrogens is 270 g/mol. The minimum atomic E-state index is -1.13. The summed E-state index contributed by atoms with van der Waals surface area (Å²) in [6.07, 6.45) is 1.66. The van der Waals surface area contributed by atoms with Crippen molar-refractivity contribution in [2.24, 2.45) is 0 Å². The predicted molar refractivity (Wildman–Crippen MR) is 76.9 cm³/mol. The van der Waals surface area contributed by atoms with Gasteiger partial charge in [0.1, 0.15) is 6.10 Å². The molecule has 0 unspecified atom stereocenters. The van der Waals surface area contributed by atoms with E-state index >= 15 is 0 Å². The van der Waals surface area contributed by atoms with Crippen LogP contribution in [0, 0.1) is 0 Å². The molecule has 1 spiro atoms. The van der Waals surface area contributed by atoms with Crippen molar-refractivity contribution in [2.45, 2.75) is 38.4 Å². The van der Waals surface area contributed by atoms with Gasteiger partial charge in [-0.2, -0.15) is 0 Å². The second kappa shape index (κ2) is 5.24. The Kier molecular flexibility index (Phi) is 3.55. The van der Waals surface area contributed by atoms with Gasteiger partial charge in [0.2, 0.25) is 11.5 Å². The molecule has 0 saturated carbocycles. The summed E-state index contributed by atoms with van der Waals surface area (Å²) in [6, 6.07) is 7.27. The summed E-state index contributed by atoms with van der Waals surface area (Å²) >= 11 is 0. The number of unbranched alkanes of at least 4 members (excludes halogenated alkanes) is 1. The van der Waals surface area contributed by atoms with Crippen LogP contribution in [0.2, 0.25) is 0 Å². The molecule has 0 N–H and O–H groups in total. The van der Waals surface area contributed by atoms with Crippen molar-refractivity contribution in [1.82, 2.24) is 0 Å². The maximum absolute atomic E-state index is 12.8. The number of benzene rings is 1. The molecule has 1 fully saturated rings. The molecule has 1 aromatic rings. The third kappa shape index (κ3) is 1.92. The molecule has 3 rings (SSSR count). The molecule has 1 saturated heterocycles. The molecule has 2 atom stereocenters. The number of fused-ring (bicyclic) bond motifs is 2. The molecule has 2 aliphatic heterocycles. The molecule has 112 valence electrons. The Morgan fingerprint density at radius 2 is 2.24 bits per heavy atom. The van der Waals surface area contributed by atoms with Gasteiger partial charge in [-0.3, -0.25) is 9.59 Å². The van der Waals surface area contributed by atoms with E-state index in [9.17, 15) is 9.59 Å². The first kappa shape index (κ1) is 14.2. The van der Waals surface area contributed by atoms with Gasteiger partial charge < -0.3 is 9.47 Å². The van der Waals surface area contributed by atoms with Crippen LogP contribution in [-0.4, -0.2) is 31.1 Å². The summed E-state index contributed by atoms with van der Waals surface area (Å²) in [5.74, 6) is -0.629. The Bertz CT molecular complexity index is 585. The molecule has 0 bridgehead atoms. The number of carbonyl (C=O) groups excluding carboxylic acids is 2. The van der Waals surface area contributed by atoms with E-state index in [2.05, 4.69) is 6.92 Å². The molecule has 21 heavy (non-hydrogen) atoms. The van der Waals surface area contributed by atoms with Crippen molar-refractivity contribution >= 4 is 17.5 Å². The van der Waals surface area contributed by atoms with E-state index in [1.54, 1.807) is 6.07 Å². The van der Waals surface area contributed by atoms with Crippen molar-refractivity contribution in [1.29, 1.82) is 0 Å². The number of amides is 2. The van der Waals surface area contributed by atoms with E-state index in [0.29, 0.717) is 18.9 Å². The zero-order chi connectivity index (χ0) is 15.0. The SMILES string of the molecule is CCCCO[C@@H]1CO[C@]12C(=O)N(C(C)=O)c1ccccc12. The quantitative estimate of drug-likeness (QED) is 0.795. The third-order valence-corrected chi connectivity index (χ3v) is 4.11. The molecule has 0 radical (unpaired) electrons. The lowest BCUT2D eigenvalue weighted by Gasteiger charge is -2.44. The van der Waals surface area contributed by atoms with Crippen LogP contribution in [0.4, 0.5) is 5.69 Å². The zero-order valence-electron chi connectivity index (χ0n) is 12.3. The maximum Gasteiger partial charge on any atom is 0.273 e. The molecule has 2 aliphatic rings. The highest BCUT2D eigenvalue weighted by Gasteiger charge is 2.64. The van der Waals surface area contributed by atoms with Gasteiger partial charge in [0.25, 0.3) is 5.91 Å².